The molecule has 0 unspecified atom stereocenters. The van der Waals surface area contributed by atoms with Gasteiger partial charge in [0.05, 0.1) is 10.8 Å². The van der Waals surface area contributed by atoms with Crippen molar-refractivity contribution in [3.63, 3.8) is 0 Å². The van der Waals surface area contributed by atoms with Gasteiger partial charge in [0.2, 0.25) is 0 Å². The number of esters is 1. The minimum Gasteiger partial charge on any atom is -0.455 e. The molecule has 2 atom stereocenters. The van der Waals surface area contributed by atoms with Crippen LogP contribution in [-0.4, -0.2) is 29.2 Å². The molecular formula is C18H19ClN2O6. The van der Waals surface area contributed by atoms with E-state index in [1.54, 1.807) is 0 Å². The maximum atomic E-state index is 12.3. The highest BCUT2D eigenvalue weighted by molar-refractivity contribution is 6.31. The standard InChI is InChI=1S/C18H19ClN2O6/c19-13-4-5-15(21(25)26)14(8-13)20-16(22)9-27-18(24)12-6-10-2-1-3-11(7-12)17(10)23/h4-5,8,10-12H,1-3,6-7,9H2,(H,20,22)/t10-,11-/m1/s1. The molecule has 2 bridgehead atoms. The molecule has 8 nitrogen and oxygen atoms in total. The first kappa shape index (κ1) is 19.3. The van der Waals surface area contributed by atoms with Crippen LogP contribution in [0.1, 0.15) is 32.1 Å². The number of Topliss-reactive ketones (excluding diaryl/α,β-unsaturated/α-hetero) is 1. The van der Waals surface area contributed by atoms with Crippen molar-refractivity contribution in [2.75, 3.05) is 11.9 Å². The summed E-state index contributed by atoms with van der Waals surface area (Å²) in [4.78, 5) is 46.7. The molecular weight excluding hydrogens is 376 g/mol. The van der Waals surface area contributed by atoms with Gasteiger partial charge >= 0.3 is 5.97 Å². The minimum atomic E-state index is -0.694. The number of hydrogen-bond acceptors (Lipinski definition) is 6. The van der Waals surface area contributed by atoms with Crippen molar-refractivity contribution in [3.8, 4) is 0 Å². The lowest BCUT2D eigenvalue weighted by Crippen LogP contribution is -2.40. The molecule has 144 valence electrons. The van der Waals surface area contributed by atoms with Gasteiger partial charge in [-0.15, -0.1) is 0 Å². The third kappa shape index (κ3) is 4.44. The molecule has 0 spiro atoms. The number of nitrogens with one attached hydrogen (secondary N) is 1. The average Bonchev–Trinajstić information content (AvgIpc) is 2.59. The Morgan fingerprint density at radius 1 is 1.26 bits per heavy atom. The van der Waals surface area contributed by atoms with Gasteiger partial charge in [-0.25, -0.2) is 0 Å². The molecule has 1 aromatic rings. The zero-order valence-electron chi connectivity index (χ0n) is 14.5. The number of nitrogens with zero attached hydrogens (tertiary/aromatic N) is 1. The van der Waals surface area contributed by atoms with Crippen LogP contribution in [-0.2, 0) is 19.1 Å². The Morgan fingerprint density at radius 2 is 1.93 bits per heavy atom. The van der Waals surface area contributed by atoms with Crippen molar-refractivity contribution in [1.29, 1.82) is 0 Å². The Morgan fingerprint density at radius 3 is 2.56 bits per heavy atom. The Hall–Kier alpha value is -2.48. The topological polar surface area (TPSA) is 116 Å². The molecule has 0 aromatic heterocycles. The molecule has 0 heterocycles. The third-order valence-electron chi connectivity index (χ3n) is 5.16. The second kappa shape index (κ2) is 8.04. The number of hydrogen-bond donors (Lipinski definition) is 1. The zero-order chi connectivity index (χ0) is 19.6. The number of carbonyl (C=O) groups excluding carboxylic acids is 3. The summed E-state index contributed by atoms with van der Waals surface area (Å²) >= 11 is 5.81. The summed E-state index contributed by atoms with van der Waals surface area (Å²) in [6.45, 7) is -0.553. The normalized spacial score (nSPS) is 24.2. The highest BCUT2D eigenvalue weighted by Gasteiger charge is 2.41. The molecule has 9 heteroatoms. The van der Waals surface area contributed by atoms with Gasteiger partial charge in [-0.2, -0.15) is 0 Å². The van der Waals surface area contributed by atoms with Crippen molar-refractivity contribution in [2.45, 2.75) is 32.1 Å². The van der Waals surface area contributed by atoms with Gasteiger partial charge in [-0.05, 0) is 37.8 Å². The van der Waals surface area contributed by atoms with E-state index >= 15 is 0 Å². The van der Waals surface area contributed by atoms with Crippen LogP contribution in [0.4, 0.5) is 11.4 Å². The molecule has 0 radical (unpaired) electrons. The van der Waals surface area contributed by atoms with Gasteiger partial charge in [-0.1, -0.05) is 18.0 Å². The smallest absolute Gasteiger partial charge is 0.309 e. The van der Waals surface area contributed by atoms with Crippen LogP contribution in [0.2, 0.25) is 5.02 Å². The van der Waals surface area contributed by atoms with Crippen LogP contribution < -0.4 is 5.32 Å². The number of rotatable bonds is 5. The molecule has 2 saturated carbocycles. The summed E-state index contributed by atoms with van der Waals surface area (Å²) in [6.07, 6.45) is 3.55. The van der Waals surface area contributed by atoms with Crippen LogP contribution in [0, 0.1) is 27.9 Å². The molecule has 1 aromatic carbocycles. The lowest BCUT2D eigenvalue weighted by atomic mass is 9.67. The number of amides is 1. The maximum Gasteiger partial charge on any atom is 0.309 e. The fourth-order valence-corrected chi connectivity index (χ4v) is 4.05. The molecule has 0 saturated heterocycles. The largest absolute Gasteiger partial charge is 0.455 e. The number of nitro benzene ring substituents is 1. The number of carbonyl (C=O) groups is 3. The van der Waals surface area contributed by atoms with Crippen molar-refractivity contribution >= 4 is 40.6 Å². The predicted molar refractivity (Wildman–Crippen MR) is 96.3 cm³/mol. The van der Waals surface area contributed by atoms with E-state index < -0.39 is 23.4 Å². The van der Waals surface area contributed by atoms with Gasteiger partial charge in [0.25, 0.3) is 11.6 Å². The summed E-state index contributed by atoms with van der Waals surface area (Å²) < 4.78 is 5.08. The van der Waals surface area contributed by atoms with E-state index in [2.05, 4.69) is 5.32 Å². The summed E-state index contributed by atoms with van der Waals surface area (Å²) in [5.74, 6) is -1.51. The second-order valence-corrected chi connectivity index (χ2v) is 7.41. The average molecular weight is 395 g/mol. The number of benzene rings is 1. The summed E-state index contributed by atoms with van der Waals surface area (Å²) in [5.41, 5.74) is -0.371. The highest BCUT2D eigenvalue weighted by Crippen LogP contribution is 2.40. The van der Waals surface area contributed by atoms with Crippen LogP contribution in [0.15, 0.2) is 18.2 Å². The minimum absolute atomic E-state index is 0.0636. The quantitative estimate of drug-likeness (QED) is 0.466. The first-order valence-corrected chi connectivity index (χ1v) is 9.17. The van der Waals surface area contributed by atoms with Crippen molar-refractivity contribution in [1.82, 2.24) is 0 Å². The van der Waals surface area contributed by atoms with E-state index in [1.165, 1.54) is 18.2 Å². The fourth-order valence-electron chi connectivity index (χ4n) is 3.88. The lowest BCUT2D eigenvalue weighted by Gasteiger charge is -2.36. The molecule has 0 aliphatic heterocycles. The second-order valence-electron chi connectivity index (χ2n) is 6.97. The van der Waals surface area contributed by atoms with Crippen LogP contribution in [0.25, 0.3) is 0 Å². The highest BCUT2D eigenvalue weighted by atomic mass is 35.5. The maximum absolute atomic E-state index is 12.3. The molecule has 2 aliphatic carbocycles. The van der Waals surface area contributed by atoms with Gasteiger partial charge in [0, 0.05) is 22.9 Å². The number of ether oxygens (including phenoxy) is 1. The first-order valence-electron chi connectivity index (χ1n) is 8.79. The van der Waals surface area contributed by atoms with Crippen molar-refractivity contribution in [2.24, 2.45) is 17.8 Å². The van der Waals surface area contributed by atoms with E-state index in [0.29, 0.717) is 12.8 Å². The predicted octanol–water partition coefficient (Wildman–Crippen LogP) is 3.13. The van der Waals surface area contributed by atoms with Crippen molar-refractivity contribution < 1.29 is 24.0 Å². The van der Waals surface area contributed by atoms with E-state index in [4.69, 9.17) is 16.3 Å². The van der Waals surface area contributed by atoms with Crippen LogP contribution in [0.3, 0.4) is 0 Å². The number of ketones is 1. The van der Waals surface area contributed by atoms with Gasteiger partial charge in [-0.3, -0.25) is 24.5 Å². The summed E-state index contributed by atoms with van der Waals surface area (Å²) in [6, 6.07) is 3.78. The molecule has 1 N–H and O–H groups in total. The SMILES string of the molecule is O=C(COC(=O)C1C[C@H]2CCC[C@H](C1)C2=O)Nc1cc(Cl)ccc1[N+](=O)[O-]. The fraction of sp³-hybridized carbons (Fsp3) is 0.500. The van der Waals surface area contributed by atoms with Crippen LogP contribution >= 0.6 is 11.6 Å². The Kier molecular flexibility index (Phi) is 5.74. The summed E-state index contributed by atoms with van der Waals surface area (Å²) in [7, 11) is 0. The van der Waals surface area contributed by atoms with Gasteiger partial charge < -0.3 is 10.1 Å². The molecule has 2 aliphatic rings. The number of anilines is 1. The van der Waals surface area contributed by atoms with E-state index in [1.807, 2.05) is 0 Å². The molecule has 1 amide bonds. The molecule has 2 fully saturated rings. The van der Waals surface area contributed by atoms with E-state index in [9.17, 15) is 24.5 Å². The number of nitro groups is 1. The zero-order valence-corrected chi connectivity index (χ0v) is 15.2. The third-order valence-corrected chi connectivity index (χ3v) is 5.39. The van der Waals surface area contributed by atoms with Crippen molar-refractivity contribution in [3.05, 3.63) is 33.3 Å². The Labute approximate surface area is 160 Å². The molecule has 3 rings (SSSR count). The first-order chi connectivity index (χ1) is 12.8. The lowest BCUT2D eigenvalue weighted by molar-refractivity contribution is -0.383. The van der Waals surface area contributed by atoms with Gasteiger partial charge in [0.1, 0.15) is 11.5 Å². The van der Waals surface area contributed by atoms with Gasteiger partial charge in [0.15, 0.2) is 6.61 Å². The molecule has 27 heavy (non-hydrogen) atoms. The monoisotopic (exact) mass is 394 g/mol. The number of fused-ring (bicyclic) bond motifs is 2. The Balaban J connectivity index is 1.55. The van der Waals surface area contributed by atoms with Crippen LogP contribution in [0.5, 0.6) is 0 Å². The van der Waals surface area contributed by atoms with E-state index in [0.717, 1.165) is 19.3 Å². The summed E-state index contributed by atoms with van der Waals surface area (Å²) in [5, 5.41) is 13.6. The number of halogens is 1. The Bertz CT molecular complexity index is 780. The van der Waals surface area contributed by atoms with E-state index in [-0.39, 0.29) is 39.9 Å².